The van der Waals surface area contributed by atoms with E-state index in [-0.39, 0.29) is 0 Å². The second-order valence-electron chi connectivity index (χ2n) is 3.82. The third-order valence-electron chi connectivity index (χ3n) is 2.45. The molecule has 4 heteroatoms. The van der Waals surface area contributed by atoms with Gasteiger partial charge in [0.05, 0.1) is 0 Å². The van der Waals surface area contributed by atoms with Crippen LogP contribution in [0.1, 0.15) is 31.6 Å². The van der Waals surface area contributed by atoms with Gasteiger partial charge in [-0.15, -0.1) is 11.3 Å². The Kier molecular flexibility index (Phi) is 4.29. The lowest BCUT2D eigenvalue weighted by atomic mass is 9.96. The molecule has 1 aromatic heterocycles. The van der Waals surface area contributed by atoms with Crippen LogP contribution in [-0.2, 0) is 11.3 Å². The zero-order chi connectivity index (χ0) is 11.3. The summed E-state index contributed by atoms with van der Waals surface area (Å²) in [6.45, 7) is 4.36. The summed E-state index contributed by atoms with van der Waals surface area (Å²) >= 11 is 1.64. The van der Waals surface area contributed by atoms with Crippen molar-refractivity contribution in [3.05, 3.63) is 22.4 Å². The zero-order valence-corrected chi connectivity index (χ0v) is 9.93. The summed E-state index contributed by atoms with van der Waals surface area (Å²) in [5, 5.41) is 14.2. The molecule has 3 nitrogen and oxygen atoms in total. The van der Waals surface area contributed by atoms with Gasteiger partial charge in [0.25, 0.3) is 0 Å². The largest absolute Gasteiger partial charge is 0.480 e. The van der Waals surface area contributed by atoms with Crippen LogP contribution in [0.4, 0.5) is 0 Å². The van der Waals surface area contributed by atoms with E-state index in [1.54, 1.807) is 18.3 Å². The predicted molar refractivity (Wildman–Crippen MR) is 62.1 cm³/mol. The maximum Gasteiger partial charge on any atom is 0.323 e. The van der Waals surface area contributed by atoms with Gasteiger partial charge in [-0.3, -0.25) is 10.1 Å². The maximum atomic E-state index is 11.1. The van der Waals surface area contributed by atoms with Crippen molar-refractivity contribution in [3.8, 4) is 0 Å². The molecule has 1 rings (SSSR count). The third kappa shape index (κ3) is 3.32. The monoisotopic (exact) mass is 227 g/mol. The van der Waals surface area contributed by atoms with Gasteiger partial charge in [0.1, 0.15) is 5.54 Å². The number of nitrogens with one attached hydrogen (secondary N) is 1. The number of rotatable bonds is 6. The predicted octanol–water partition coefficient (Wildman–Crippen LogP) is 2.48. The van der Waals surface area contributed by atoms with Crippen molar-refractivity contribution in [1.82, 2.24) is 5.32 Å². The normalized spacial score (nSPS) is 14.8. The van der Waals surface area contributed by atoms with Gasteiger partial charge < -0.3 is 5.11 Å². The molecule has 0 fully saturated rings. The van der Waals surface area contributed by atoms with E-state index in [0.29, 0.717) is 13.0 Å². The van der Waals surface area contributed by atoms with E-state index in [1.165, 1.54) is 4.88 Å². The van der Waals surface area contributed by atoms with Crippen LogP contribution in [0.25, 0.3) is 0 Å². The average molecular weight is 227 g/mol. The molecular weight excluding hydrogens is 210 g/mol. The maximum absolute atomic E-state index is 11.1. The first-order valence-corrected chi connectivity index (χ1v) is 5.97. The second-order valence-corrected chi connectivity index (χ2v) is 4.85. The quantitative estimate of drug-likeness (QED) is 0.785. The summed E-state index contributed by atoms with van der Waals surface area (Å²) in [6.07, 6.45) is 1.51. The minimum absolute atomic E-state index is 0.625. The van der Waals surface area contributed by atoms with Gasteiger partial charge in [-0.2, -0.15) is 0 Å². The first-order valence-electron chi connectivity index (χ1n) is 5.09. The van der Waals surface area contributed by atoms with E-state index in [2.05, 4.69) is 5.32 Å². The minimum atomic E-state index is -0.807. The molecule has 1 atom stereocenters. The van der Waals surface area contributed by atoms with Crippen molar-refractivity contribution < 1.29 is 9.90 Å². The van der Waals surface area contributed by atoms with E-state index in [9.17, 15) is 4.79 Å². The van der Waals surface area contributed by atoms with E-state index in [0.717, 1.165) is 6.42 Å². The molecule has 0 aliphatic rings. The van der Waals surface area contributed by atoms with E-state index in [1.807, 2.05) is 24.4 Å². The van der Waals surface area contributed by atoms with Crippen molar-refractivity contribution in [2.75, 3.05) is 0 Å². The highest BCUT2D eigenvalue weighted by Crippen LogP contribution is 2.15. The Bertz CT molecular complexity index is 310. The number of carboxylic acids is 1. The molecule has 84 valence electrons. The first-order chi connectivity index (χ1) is 7.08. The molecule has 0 bridgehead atoms. The number of thiophene rings is 1. The Labute approximate surface area is 94.1 Å². The van der Waals surface area contributed by atoms with Crippen molar-refractivity contribution in [2.24, 2.45) is 0 Å². The lowest BCUT2D eigenvalue weighted by Gasteiger charge is -2.25. The molecule has 2 N–H and O–H groups in total. The van der Waals surface area contributed by atoms with E-state index < -0.39 is 11.5 Å². The topological polar surface area (TPSA) is 49.3 Å². The molecule has 0 aliphatic heterocycles. The summed E-state index contributed by atoms with van der Waals surface area (Å²) < 4.78 is 0. The van der Waals surface area contributed by atoms with Crippen LogP contribution in [0.5, 0.6) is 0 Å². The smallest absolute Gasteiger partial charge is 0.323 e. The Morgan fingerprint density at radius 1 is 1.67 bits per heavy atom. The highest BCUT2D eigenvalue weighted by atomic mass is 32.1. The van der Waals surface area contributed by atoms with Crippen LogP contribution in [0.15, 0.2) is 17.5 Å². The van der Waals surface area contributed by atoms with Crippen molar-refractivity contribution in [1.29, 1.82) is 0 Å². The molecule has 0 radical (unpaired) electrons. The molecule has 0 amide bonds. The summed E-state index contributed by atoms with van der Waals surface area (Å²) in [7, 11) is 0. The highest BCUT2D eigenvalue weighted by molar-refractivity contribution is 7.09. The molecule has 1 heterocycles. The summed E-state index contributed by atoms with van der Waals surface area (Å²) in [6, 6.07) is 3.98. The molecule has 0 aromatic carbocycles. The van der Waals surface area contributed by atoms with Gasteiger partial charge in [-0.1, -0.05) is 19.4 Å². The summed E-state index contributed by atoms with van der Waals surface area (Å²) in [5.41, 5.74) is -0.807. The van der Waals surface area contributed by atoms with E-state index >= 15 is 0 Å². The number of hydrogen-bond acceptors (Lipinski definition) is 3. The number of aliphatic carboxylic acids is 1. The van der Waals surface area contributed by atoms with Crippen LogP contribution in [-0.4, -0.2) is 16.6 Å². The SMILES string of the molecule is CCCC(C)(NCc1cccs1)C(=O)O. The Morgan fingerprint density at radius 3 is 2.87 bits per heavy atom. The molecule has 0 aliphatic carbocycles. The number of hydrogen-bond donors (Lipinski definition) is 2. The zero-order valence-electron chi connectivity index (χ0n) is 9.12. The lowest BCUT2D eigenvalue weighted by Crippen LogP contribution is -2.48. The van der Waals surface area contributed by atoms with Crippen molar-refractivity contribution in [3.63, 3.8) is 0 Å². The van der Waals surface area contributed by atoms with E-state index in [4.69, 9.17) is 5.11 Å². The van der Waals surface area contributed by atoms with Crippen LogP contribution >= 0.6 is 11.3 Å². The molecular formula is C11H17NO2S. The van der Waals surface area contributed by atoms with Gasteiger partial charge in [0.2, 0.25) is 0 Å². The van der Waals surface area contributed by atoms with Crippen LogP contribution < -0.4 is 5.32 Å². The standard InChI is InChI=1S/C11H17NO2S/c1-3-6-11(2,10(13)14)12-8-9-5-4-7-15-9/h4-5,7,12H,3,6,8H2,1-2H3,(H,13,14). The fraction of sp³-hybridized carbons (Fsp3) is 0.545. The lowest BCUT2D eigenvalue weighted by molar-refractivity contribution is -0.144. The number of carboxylic acid groups (broad SMARTS) is 1. The third-order valence-corrected chi connectivity index (χ3v) is 3.33. The Morgan fingerprint density at radius 2 is 2.40 bits per heavy atom. The molecule has 0 saturated carbocycles. The minimum Gasteiger partial charge on any atom is -0.480 e. The van der Waals surface area contributed by atoms with Crippen LogP contribution in [0, 0.1) is 0 Å². The van der Waals surface area contributed by atoms with Crippen molar-refractivity contribution >= 4 is 17.3 Å². The van der Waals surface area contributed by atoms with Gasteiger partial charge >= 0.3 is 5.97 Å². The number of carbonyl (C=O) groups is 1. The second kappa shape index (κ2) is 5.28. The van der Waals surface area contributed by atoms with Gasteiger partial charge in [0, 0.05) is 11.4 Å². The summed E-state index contributed by atoms with van der Waals surface area (Å²) in [5.74, 6) is -0.777. The fourth-order valence-corrected chi connectivity index (χ4v) is 2.11. The Balaban J connectivity index is 2.56. The van der Waals surface area contributed by atoms with Crippen molar-refractivity contribution in [2.45, 2.75) is 38.8 Å². The summed E-state index contributed by atoms with van der Waals surface area (Å²) in [4.78, 5) is 12.3. The average Bonchev–Trinajstić information content (AvgIpc) is 2.67. The van der Waals surface area contributed by atoms with Gasteiger partial charge in [-0.05, 0) is 24.8 Å². The Hall–Kier alpha value is -0.870. The molecule has 1 aromatic rings. The first kappa shape index (κ1) is 12.2. The fourth-order valence-electron chi connectivity index (χ4n) is 1.47. The molecule has 0 saturated heterocycles. The van der Waals surface area contributed by atoms with Crippen LogP contribution in [0.2, 0.25) is 0 Å². The molecule has 0 spiro atoms. The van der Waals surface area contributed by atoms with Crippen LogP contribution in [0.3, 0.4) is 0 Å². The molecule has 15 heavy (non-hydrogen) atoms. The molecule has 1 unspecified atom stereocenters. The van der Waals surface area contributed by atoms with Gasteiger partial charge in [-0.25, -0.2) is 0 Å². The highest BCUT2D eigenvalue weighted by Gasteiger charge is 2.31. The van der Waals surface area contributed by atoms with Gasteiger partial charge in [0.15, 0.2) is 0 Å².